The van der Waals surface area contributed by atoms with Gasteiger partial charge in [0.2, 0.25) is 0 Å². The minimum absolute atomic E-state index is 0.293. The van der Waals surface area contributed by atoms with Crippen molar-refractivity contribution in [3.8, 4) is 0 Å². The lowest BCUT2D eigenvalue weighted by molar-refractivity contribution is 0.0677. The van der Waals surface area contributed by atoms with Crippen LogP contribution in [-0.4, -0.2) is 29.0 Å². The molecular formula is C5H10O2S. The van der Waals surface area contributed by atoms with E-state index in [1.165, 1.54) is 0 Å². The number of ether oxygens (including phenoxy) is 1. The summed E-state index contributed by atoms with van der Waals surface area (Å²) in [7, 11) is 0. The molecule has 1 aliphatic heterocycles. The van der Waals surface area contributed by atoms with Gasteiger partial charge >= 0.3 is 0 Å². The monoisotopic (exact) mass is 134 g/mol. The Morgan fingerprint density at radius 1 is 1.62 bits per heavy atom. The molecule has 0 spiro atoms. The predicted molar refractivity (Wildman–Crippen MR) is 33.9 cm³/mol. The fraction of sp³-hybridized carbons (Fsp3) is 1.00. The molecule has 1 N–H and O–H groups in total. The third-order valence-corrected chi connectivity index (χ3v) is 2.05. The van der Waals surface area contributed by atoms with Crippen molar-refractivity contribution in [1.82, 2.24) is 0 Å². The highest BCUT2D eigenvalue weighted by molar-refractivity contribution is 8.00. The van der Waals surface area contributed by atoms with Gasteiger partial charge < -0.3 is 9.84 Å². The van der Waals surface area contributed by atoms with E-state index >= 15 is 0 Å². The minimum Gasteiger partial charge on any atom is -0.380 e. The molecule has 0 aromatic heterocycles. The zero-order valence-electron chi connectivity index (χ0n) is 4.83. The Balaban J connectivity index is 2.23. The van der Waals surface area contributed by atoms with Gasteiger partial charge in [0.05, 0.1) is 13.2 Å². The zero-order valence-corrected chi connectivity index (χ0v) is 5.65. The fourth-order valence-electron chi connectivity index (χ4n) is 0.682. The van der Waals surface area contributed by atoms with Crippen LogP contribution in [-0.2, 0) is 4.74 Å². The van der Waals surface area contributed by atoms with E-state index in [2.05, 4.69) is 0 Å². The van der Waals surface area contributed by atoms with Gasteiger partial charge in [-0.2, -0.15) is 0 Å². The molecule has 48 valence electrons. The minimum atomic E-state index is -0.293. The van der Waals surface area contributed by atoms with Crippen LogP contribution in [0.3, 0.4) is 0 Å². The number of aliphatic hydroxyl groups is 1. The van der Waals surface area contributed by atoms with Crippen molar-refractivity contribution in [1.29, 1.82) is 0 Å². The summed E-state index contributed by atoms with van der Waals surface area (Å²) in [5, 5.41) is 9.37. The van der Waals surface area contributed by atoms with Crippen molar-refractivity contribution in [2.24, 2.45) is 0 Å². The van der Waals surface area contributed by atoms with E-state index in [1.807, 2.05) is 6.92 Å². The van der Waals surface area contributed by atoms with Crippen LogP contribution in [0.25, 0.3) is 0 Å². The number of hydrogen-bond donors (Lipinski definition) is 1. The van der Waals surface area contributed by atoms with Gasteiger partial charge in [-0.25, -0.2) is 0 Å². The van der Waals surface area contributed by atoms with Gasteiger partial charge in [-0.15, -0.1) is 11.8 Å². The third kappa shape index (κ3) is 1.65. The topological polar surface area (TPSA) is 29.5 Å². The van der Waals surface area contributed by atoms with Crippen LogP contribution in [0, 0.1) is 0 Å². The van der Waals surface area contributed by atoms with Gasteiger partial charge in [0, 0.05) is 5.25 Å². The Kier molecular flexibility index (Phi) is 2.16. The van der Waals surface area contributed by atoms with Gasteiger partial charge in [-0.3, -0.25) is 0 Å². The molecule has 1 rings (SSSR count). The molecule has 0 radical (unpaired) electrons. The van der Waals surface area contributed by atoms with Crippen LogP contribution in [0.2, 0.25) is 0 Å². The van der Waals surface area contributed by atoms with Gasteiger partial charge in [0.15, 0.2) is 0 Å². The van der Waals surface area contributed by atoms with Crippen LogP contribution in [0.5, 0.6) is 0 Å². The standard InChI is InChI=1S/C5H10O2S/c1-4-2-7-3-5(6)8-4/h4-6H,2-3H2,1H3. The second-order valence-electron chi connectivity index (χ2n) is 1.94. The van der Waals surface area contributed by atoms with Gasteiger partial charge in [0.1, 0.15) is 5.44 Å². The molecule has 1 heterocycles. The van der Waals surface area contributed by atoms with Crippen molar-refractivity contribution in [3.05, 3.63) is 0 Å². The van der Waals surface area contributed by atoms with E-state index < -0.39 is 0 Å². The molecular weight excluding hydrogens is 124 g/mol. The Hall–Kier alpha value is 0.270. The first-order valence-electron chi connectivity index (χ1n) is 2.70. The first kappa shape index (κ1) is 6.39. The second kappa shape index (κ2) is 2.71. The molecule has 0 amide bonds. The summed E-state index contributed by atoms with van der Waals surface area (Å²) in [4.78, 5) is 0. The van der Waals surface area contributed by atoms with Crippen molar-refractivity contribution in [3.63, 3.8) is 0 Å². The first-order valence-corrected chi connectivity index (χ1v) is 3.64. The number of hydrogen-bond acceptors (Lipinski definition) is 3. The maximum absolute atomic E-state index is 8.92. The van der Waals surface area contributed by atoms with Crippen molar-refractivity contribution in [2.75, 3.05) is 13.2 Å². The van der Waals surface area contributed by atoms with Crippen LogP contribution < -0.4 is 0 Å². The average Bonchev–Trinajstić information content (AvgIpc) is 1.64. The highest BCUT2D eigenvalue weighted by Crippen LogP contribution is 2.20. The third-order valence-electron chi connectivity index (χ3n) is 1.00. The molecule has 0 bridgehead atoms. The molecule has 1 fully saturated rings. The van der Waals surface area contributed by atoms with Gasteiger partial charge in [0.25, 0.3) is 0 Å². The predicted octanol–water partition coefficient (Wildman–Crippen LogP) is 0.457. The Bertz CT molecular complexity index is 68.8. The van der Waals surface area contributed by atoms with E-state index in [-0.39, 0.29) is 5.44 Å². The molecule has 2 atom stereocenters. The molecule has 0 aromatic carbocycles. The molecule has 0 aliphatic carbocycles. The van der Waals surface area contributed by atoms with E-state index in [9.17, 15) is 0 Å². The maximum atomic E-state index is 8.92. The molecule has 8 heavy (non-hydrogen) atoms. The smallest absolute Gasteiger partial charge is 0.123 e. The summed E-state index contributed by atoms with van der Waals surface area (Å²) < 4.78 is 5.02. The van der Waals surface area contributed by atoms with Crippen molar-refractivity contribution >= 4 is 11.8 Å². The summed E-state index contributed by atoms with van der Waals surface area (Å²) in [5.74, 6) is 0. The largest absolute Gasteiger partial charge is 0.380 e. The fourth-order valence-corrected chi connectivity index (χ4v) is 1.57. The lowest BCUT2D eigenvalue weighted by Crippen LogP contribution is -2.25. The lowest BCUT2D eigenvalue weighted by Gasteiger charge is -2.22. The summed E-state index contributed by atoms with van der Waals surface area (Å²) in [6.45, 7) is 3.32. The first-order chi connectivity index (χ1) is 3.79. The maximum Gasteiger partial charge on any atom is 0.123 e. The van der Waals surface area contributed by atoms with E-state index in [1.54, 1.807) is 11.8 Å². The summed E-state index contributed by atoms with van der Waals surface area (Å²) >= 11 is 1.57. The lowest BCUT2D eigenvalue weighted by atomic mass is 10.5. The number of thioether (sulfide) groups is 1. The Morgan fingerprint density at radius 2 is 2.38 bits per heavy atom. The van der Waals surface area contributed by atoms with E-state index in [0.717, 1.165) is 6.61 Å². The number of aliphatic hydroxyl groups excluding tert-OH is 1. The van der Waals surface area contributed by atoms with Crippen LogP contribution in [0.4, 0.5) is 0 Å². The van der Waals surface area contributed by atoms with Gasteiger partial charge in [-0.1, -0.05) is 6.92 Å². The summed E-state index contributed by atoms with van der Waals surface area (Å²) in [6, 6.07) is 0. The van der Waals surface area contributed by atoms with E-state index in [4.69, 9.17) is 9.84 Å². The second-order valence-corrected chi connectivity index (χ2v) is 3.56. The highest BCUT2D eigenvalue weighted by Gasteiger charge is 2.16. The van der Waals surface area contributed by atoms with E-state index in [0.29, 0.717) is 11.9 Å². The van der Waals surface area contributed by atoms with Crippen LogP contribution in [0.15, 0.2) is 0 Å². The van der Waals surface area contributed by atoms with Crippen molar-refractivity contribution in [2.45, 2.75) is 17.6 Å². The quantitative estimate of drug-likeness (QED) is 0.522. The summed E-state index contributed by atoms with van der Waals surface area (Å²) in [6.07, 6.45) is 0. The SMILES string of the molecule is CC1COCC(O)S1. The highest BCUT2D eigenvalue weighted by atomic mass is 32.2. The molecule has 2 nitrogen and oxygen atoms in total. The Morgan fingerprint density at radius 3 is 2.75 bits per heavy atom. The average molecular weight is 134 g/mol. The van der Waals surface area contributed by atoms with Crippen LogP contribution in [0.1, 0.15) is 6.92 Å². The van der Waals surface area contributed by atoms with Gasteiger partial charge in [-0.05, 0) is 0 Å². The van der Waals surface area contributed by atoms with Crippen LogP contribution >= 0.6 is 11.8 Å². The zero-order chi connectivity index (χ0) is 5.98. The Labute approximate surface area is 53.2 Å². The molecule has 1 aliphatic rings. The summed E-state index contributed by atoms with van der Waals surface area (Å²) in [5.41, 5.74) is -0.293. The normalized spacial score (nSPS) is 39.8. The number of rotatable bonds is 0. The molecule has 2 unspecified atom stereocenters. The molecule has 1 saturated heterocycles. The molecule has 0 saturated carbocycles. The molecule has 3 heteroatoms. The molecule has 0 aromatic rings. The van der Waals surface area contributed by atoms with Crippen molar-refractivity contribution < 1.29 is 9.84 Å².